The summed E-state index contributed by atoms with van der Waals surface area (Å²) in [5, 5.41) is 5.34. The molecule has 1 fully saturated rings. The van der Waals surface area contributed by atoms with Crippen LogP contribution in [0, 0.1) is 0 Å². The fourth-order valence-electron chi connectivity index (χ4n) is 3.75. The summed E-state index contributed by atoms with van der Waals surface area (Å²) in [4.78, 5) is 31.5. The minimum Gasteiger partial charge on any atom is -0.445 e. The lowest BCUT2D eigenvalue weighted by molar-refractivity contribution is -0.120. The molecule has 4 rings (SSSR count). The van der Waals surface area contributed by atoms with E-state index in [0.717, 1.165) is 23.2 Å². The van der Waals surface area contributed by atoms with Crippen LogP contribution < -0.4 is 5.32 Å². The number of carbonyl (C=O) groups excluding carboxylic acids is 2. The van der Waals surface area contributed by atoms with Crippen LogP contribution in [0.25, 0.3) is 11.3 Å². The van der Waals surface area contributed by atoms with E-state index in [1.54, 1.807) is 0 Å². The summed E-state index contributed by atoms with van der Waals surface area (Å²) in [6.45, 7) is 5.03. The van der Waals surface area contributed by atoms with Crippen molar-refractivity contribution < 1.29 is 14.3 Å². The van der Waals surface area contributed by atoms with Gasteiger partial charge in [-0.3, -0.25) is 9.69 Å². The molecule has 1 saturated heterocycles. The summed E-state index contributed by atoms with van der Waals surface area (Å²) in [6.07, 6.45) is 0.918. The van der Waals surface area contributed by atoms with E-state index in [2.05, 4.69) is 48.4 Å². The molecule has 0 aliphatic carbocycles. The van der Waals surface area contributed by atoms with Crippen LogP contribution in [0.2, 0.25) is 0 Å². The Labute approximate surface area is 192 Å². The first-order chi connectivity index (χ1) is 15.5. The number of amides is 2. The molecule has 0 bridgehead atoms. The maximum atomic E-state index is 12.9. The average molecular weight is 450 g/mol. The first-order valence-corrected chi connectivity index (χ1v) is 11.7. The first kappa shape index (κ1) is 22.0. The number of ether oxygens (including phenoxy) is 1. The summed E-state index contributed by atoms with van der Waals surface area (Å²) in [7, 11) is 0. The van der Waals surface area contributed by atoms with Gasteiger partial charge in [0, 0.05) is 17.5 Å². The molecular weight excluding hydrogens is 422 g/mol. The highest BCUT2D eigenvalue weighted by Crippen LogP contribution is 2.27. The number of likely N-dealkylation sites (tertiary alicyclic amines) is 1. The van der Waals surface area contributed by atoms with Crippen molar-refractivity contribution in [1.29, 1.82) is 0 Å². The van der Waals surface area contributed by atoms with E-state index in [-0.39, 0.29) is 12.5 Å². The third-order valence-corrected chi connectivity index (χ3v) is 6.36. The summed E-state index contributed by atoms with van der Waals surface area (Å²) in [6, 6.07) is 17.3. The molecule has 0 radical (unpaired) electrons. The van der Waals surface area contributed by atoms with E-state index in [1.165, 1.54) is 21.8 Å². The largest absolute Gasteiger partial charge is 0.445 e. The Morgan fingerprint density at radius 2 is 1.91 bits per heavy atom. The zero-order valence-corrected chi connectivity index (χ0v) is 19.1. The Hall–Kier alpha value is -3.19. The van der Waals surface area contributed by atoms with Crippen molar-refractivity contribution in [2.45, 2.75) is 45.3 Å². The van der Waals surface area contributed by atoms with Crippen LogP contribution in [0.5, 0.6) is 0 Å². The highest BCUT2D eigenvalue weighted by Gasteiger charge is 2.35. The Kier molecular flexibility index (Phi) is 6.85. The number of hydrogen-bond donors (Lipinski definition) is 1. The predicted molar refractivity (Wildman–Crippen MR) is 127 cm³/mol. The Balaban J connectivity index is 1.36. The highest BCUT2D eigenvalue weighted by molar-refractivity contribution is 7.14. The fourth-order valence-corrected chi connectivity index (χ4v) is 4.47. The van der Waals surface area contributed by atoms with Crippen LogP contribution >= 0.6 is 11.3 Å². The SMILES string of the molecule is CC(C)c1ccc(-c2csc(NC(=O)C3CCCN3C(=O)OCc3ccccc3)n2)cc1. The zero-order valence-electron chi connectivity index (χ0n) is 18.3. The van der Waals surface area contributed by atoms with Crippen molar-refractivity contribution in [3.05, 3.63) is 71.1 Å². The molecule has 2 amide bonds. The van der Waals surface area contributed by atoms with E-state index in [0.29, 0.717) is 24.0 Å². The van der Waals surface area contributed by atoms with Crippen LogP contribution in [0.4, 0.5) is 9.93 Å². The van der Waals surface area contributed by atoms with Gasteiger partial charge in [-0.15, -0.1) is 11.3 Å². The molecule has 1 N–H and O–H groups in total. The molecule has 1 aromatic heterocycles. The zero-order chi connectivity index (χ0) is 22.5. The summed E-state index contributed by atoms with van der Waals surface area (Å²) >= 11 is 1.38. The topological polar surface area (TPSA) is 71.5 Å². The van der Waals surface area contributed by atoms with Crippen molar-refractivity contribution in [1.82, 2.24) is 9.88 Å². The number of thiazole rings is 1. The lowest BCUT2D eigenvalue weighted by Gasteiger charge is -2.22. The van der Waals surface area contributed by atoms with Crippen molar-refractivity contribution in [3.8, 4) is 11.3 Å². The molecule has 1 atom stereocenters. The maximum absolute atomic E-state index is 12.9. The van der Waals surface area contributed by atoms with Crippen LogP contribution in [0.1, 0.15) is 43.7 Å². The normalized spacial score (nSPS) is 15.7. The Bertz CT molecular complexity index is 1060. The van der Waals surface area contributed by atoms with Gasteiger partial charge in [0.15, 0.2) is 5.13 Å². The first-order valence-electron chi connectivity index (χ1n) is 10.9. The molecule has 0 saturated carbocycles. The number of nitrogens with one attached hydrogen (secondary N) is 1. The van der Waals surface area contributed by atoms with Gasteiger partial charge in [-0.2, -0.15) is 0 Å². The number of anilines is 1. The minimum atomic E-state index is -0.545. The van der Waals surface area contributed by atoms with Gasteiger partial charge in [-0.25, -0.2) is 9.78 Å². The number of aromatic nitrogens is 1. The summed E-state index contributed by atoms with van der Waals surface area (Å²) < 4.78 is 5.42. The van der Waals surface area contributed by atoms with Gasteiger partial charge in [-0.05, 0) is 29.9 Å². The summed E-state index contributed by atoms with van der Waals surface area (Å²) in [5.74, 6) is 0.248. The van der Waals surface area contributed by atoms with Crippen molar-refractivity contribution in [3.63, 3.8) is 0 Å². The number of benzene rings is 2. The Morgan fingerprint density at radius 1 is 1.16 bits per heavy atom. The summed E-state index contributed by atoms with van der Waals surface area (Å²) in [5.41, 5.74) is 4.03. The van der Waals surface area contributed by atoms with Crippen LogP contribution in [-0.4, -0.2) is 34.5 Å². The molecule has 2 heterocycles. The van der Waals surface area contributed by atoms with E-state index in [9.17, 15) is 9.59 Å². The van der Waals surface area contributed by atoms with Gasteiger partial charge in [-0.1, -0.05) is 68.4 Å². The minimum absolute atomic E-state index is 0.190. The molecule has 32 heavy (non-hydrogen) atoms. The number of rotatable bonds is 6. The standard InChI is InChI=1S/C25H27N3O3S/c1-17(2)19-10-12-20(13-11-19)21-16-32-24(26-21)27-23(29)22-9-6-14-28(22)25(30)31-15-18-7-4-3-5-8-18/h3-5,7-8,10-13,16-17,22H,6,9,14-15H2,1-2H3,(H,26,27,29). The number of nitrogens with zero attached hydrogens (tertiary/aromatic N) is 2. The molecular formula is C25H27N3O3S. The molecule has 1 unspecified atom stereocenters. The van der Waals surface area contributed by atoms with Crippen molar-refractivity contribution in [2.75, 3.05) is 11.9 Å². The molecule has 1 aliphatic rings. The molecule has 3 aromatic rings. The molecule has 7 heteroatoms. The third-order valence-electron chi connectivity index (χ3n) is 5.60. The maximum Gasteiger partial charge on any atom is 0.410 e. The van der Waals surface area contributed by atoms with Crippen molar-refractivity contribution >= 4 is 28.5 Å². The van der Waals surface area contributed by atoms with E-state index < -0.39 is 12.1 Å². The molecule has 166 valence electrons. The smallest absolute Gasteiger partial charge is 0.410 e. The van der Waals surface area contributed by atoms with Crippen LogP contribution in [0.15, 0.2) is 60.0 Å². The quantitative estimate of drug-likeness (QED) is 0.526. The van der Waals surface area contributed by atoms with Gasteiger partial charge < -0.3 is 10.1 Å². The van der Waals surface area contributed by atoms with Gasteiger partial charge in [0.05, 0.1) is 5.69 Å². The number of carbonyl (C=O) groups is 2. The second-order valence-corrected chi connectivity index (χ2v) is 9.05. The van der Waals surface area contributed by atoms with E-state index >= 15 is 0 Å². The molecule has 6 nitrogen and oxygen atoms in total. The average Bonchev–Trinajstić information content (AvgIpc) is 3.48. The lowest BCUT2D eigenvalue weighted by Crippen LogP contribution is -2.43. The third kappa shape index (κ3) is 5.16. The van der Waals surface area contributed by atoms with Crippen molar-refractivity contribution in [2.24, 2.45) is 0 Å². The fraction of sp³-hybridized carbons (Fsp3) is 0.320. The van der Waals surface area contributed by atoms with Gasteiger partial charge in [0.25, 0.3) is 0 Å². The van der Waals surface area contributed by atoms with Crippen LogP contribution in [0.3, 0.4) is 0 Å². The lowest BCUT2D eigenvalue weighted by atomic mass is 10.0. The van der Waals surface area contributed by atoms with Gasteiger partial charge in [0.1, 0.15) is 12.6 Å². The van der Waals surface area contributed by atoms with Gasteiger partial charge >= 0.3 is 6.09 Å². The van der Waals surface area contributed by atoms with Gasteiger partial charge in [0.2, 0.25) is 5.91 Å². The monoisotopic (exact) mass is 449 g/mol. The van der Waals surface area contributed by atoms with Crippen LogP contribution in [-0.2, 0) is 16.1 Å². The Morgan fingerprint density at radius 3 is 2.62 bits per heavy atom. The van der Waals surface area contributed by atoms with E-state index in [4.69, 9.17) is 4.74 Å². The second kappa shape index (κ2) is 9.96. The highest BCUT2D eigenvalue weighted by atomic mass is 32.1. The molecule has 0 spiro atoms. The second-order valence-electron chi connectivity index (χ2n) is 8.20. The van der Waals surface area contributed by atoms with E-state index in [1.807, 2.05) is 35.7 Å². The predicted octanol–water partition coefficient (Wildman–Crippen LogP) is 5.67. The molecule has 1 aliphatic heterocycles. The number of hydrogen-bond acceptors (Lipinski definition) is 5. The molecule has 2 aromatic carbocycles.